The fourth-order valence-corrected chi connectivity index (χ4v) is 4.00. The van der Waals surface area contributed by atoms with Gasteiger partial charge >= 0.3 is 0 Å². The van der Waals surface area contributed by atoms with E-state index in [0.717, 1.165) is 41.1 Å². The Kier molecular flexibility index (Phi) is 4.79. The number of ether oxygens (including phenoxy) is 1. The summed E-state index contributed by atoms with van der Waals surface area (Å²) in [6, 6.07) is 5.53. The van der Waals surface area contributed by atoms with Crippen molar-refractivity contribution >= 4 is 29.2 Å². The molecule has 0 spiro atoms. The molecule has 0 N–H and O–H groups in total. The predicted octanol–water partition coefficient (Wildman–Crippen LogP) is 5.30. The topological polar surface area (TPSA) is 39.2 Å². The average molecular weight is 336 g/mol. The predicted molar refractivity (Wildman–Crippen MR) is 90.2 cm³/mol. The van der Waals surface area contributed by atoms with Gasteiger partial charge in [0, 0.05) is 5.56 Å². The van der Waals surface area contributed by atoms with Gasteiger partial charge in [0.05, 0.1) is 26.7 Å². The number of aldehydes is 1. The van der Waals surface area contributed by atoms with Crippen molar-refractivity contribution in [2.45, 2.75) is 45.1 Å². The van der Waals surface area contributed by atoms with Crippen LogP contribution in [0.1, 0.15) is 48.2 Å². The average Bonchev–Trinajstić information content (AvgIpc) is 2.91. The molecule has 0 saturated heterocycles. The Hall–Kier alpha value is -1.39. The van der Waals surface area contributed by atoms with E-state index in [1.807, 2.05) is 19.1 Å². The molecule has 0 atom stereocenters. The largest absolute Gasteiger partial charge is 0.489 e. The second kappa shape index (κ2) is 6.80. The van der Waals surface area contributed by atoms with Crippen molar-refractivity contribution in [1.82, 2.24) is 4.98 Å². The van der Waals surface area contributed by atoms with Crippen LogP contribution in [0.3, 0.4) is 0 Å². The highest BCUT2D eigenvalue weighted by Gasteiger charge is 2.17. The standard InChI is InChI=1S/C17H18ClNO2S/c1-11-15(21-13-5-3-2-4-6-13)8-7-14(19-11)17-12(10-20)9-16(18)22-17/h7-10,13H,2-6H2,1H3. The van der Waals surface area contributed by atoms with Crippen molar-refractivity contribution in [3.8, 4) is 16.3 Å². The minimum atomic E-state index is 0.307. The fraction of sp³-hybridized carbons (Fsp3) is 0.412. The van der Waals surface area contributed by atoms with Crippen molar-refractivity contribution < 1.29 is 9.53 Å². The Morgan fingerprint density at radius 3 is 2.77 bits per heavy atom. The van der Waals surface area contributed by atoms with Gasteiger partial charge in [0.25, 0.3) is 0 Å². The molecular formula is C17H18ClNO2S. The van der Waals surface area contributed by atoms with Gasteiger partial charge in [-0.3, -0.25) is 4.79 Å². The van der Waals surface area contributed by atoms with Crippen LogP contribution in [0.2, 0.25) is 4.34 Å². The zero-order valence-electron chi connectivity index (χ0n) is 12.5. The summed E-state index contributed by atoms with van der Waals surface area (Å²) >= 11 is 7.37. The van der Waals surface area contributed by atoms with Crippen LogP contribution >= 0.6 is 22.9 Å². The first kappa shape index (κ1) is 15.5. The van der Waals surface area contributed by atoms with Gasteiger partial charge in [-0.25, -0.2) is 4.98 Å². The SMILES string of the molecule is Cc1nc(-c2sc(Cl)cc2C=O)ccc1OC1CCCCC1. The molecule has 2 aromatic heterocycles. The van der Waals surface area contributed by atoms with E-state index in [1.165, 1.54) is 30.6 Å². The number of rotatable bonds is 4. The Morgan fingerprint density at radius 2 is 2.09 bits per heavy atom. The molecule has 1 fully saturated rings. The summed E-state index contributed by atoms with van der Waals surface area (Å²) in [5.74, 6) is 0.839. The van der Waals surface area contributed by atoms with E-state index in [9.17, 15) is 4.79 Å². The molecule has 1 saturated carbocycles. The smallest absolute Gasteiger partial charge is 0.151 e. The Morgan fingerprint density at radius 1 is 1.32 bits per heavy atom. The van der Waals surface area contributed by atoms with Crippen LogP contribution in [-0.4, -0.2) is 17.4 Å². The number of halogens is 1. The normalized spacial score (nSPS) is 15.7. The van der Waals surface area contributed by atoms with E-state index in [-0.39, 0.29) is 0 Å². The summed E-state index contributed by atoms with van der Waals surface area (Å²) in [6.07, 6.45) is 7.16. The lowest BCUT2D eigenvalue weighted by atomic mass is 9.98. The molecule has 0 aliphatic heterocycles. The first-order valence-electron chi connectivity index (χ1n) is 7.56. The number of nitrogens with zero attached hydrogens (tertiary/aromatic N) is 1. The van der Waals surface area contributed by atoms with E-state index in [0.29, 0.717) is 16.0 Å². The molecule has 0 bridgehead atoms. The van der Waals surface area contributed by atoms with E-state index in [2.05, 4.69) is 4.98 Å². The summed E-state index contributed by atoms with van der Waals surface area (Å²) in [5, 5.41) is 0. The monoisotopic (exact) mass is 335 g/mol. The number of hydrogen-bond donors (Lipinski definition) is 0. The highest BCUT2D eigenvalue weighted by atomic mass is 35.5. The lowest BCUT2D eigenvalue weighted by Crippen LogP contribution is -2.20. The second-order valence-corrected chi connectivity index (χ2v) is 7.29. The molecule has 2 heterocycles. The van der Waals surface area contributed by atoms with Gasteiger partial charge < -0.3 is 4.74 Å². The Labute approximate surface area is 139 Å². The number of thiophene rings is 1. The maximum Gasteiger partial charge on any atom is 0.151 e. The summed E-state index contributed by atoms with van der Waals surface area (Å²) in [6.45, 7) is 1.94. The molecule has 116 valence electrons. The summed E-state index contributed by atoms with van der Waals surface area (Å²) in [4.78, 5) is 16.5. The van der Waals surface area contributed by atoms with E-state index in [4.69, 9.17) is 16.3 Å². The number of hydrogen-bond acceptors (Lipinski definition) is 4. The van der Waals surface area contributed by atoms with Gasteiger partial charge in [-0.15, -0.1) is 11.3 Å². The maximum absolute atomic E-state index is 11.1. The molecule has 0 aromatic carbocycles. The Balaban J connectivity index is 1.83. The molecular weight excluding hydrogens is 318 g/mol. The summed E-state index contributed by atoms with van der Waals surface area (Å²) < 4.78 is 6.68. The third-order valence-electron chi connectivity index (χ3n) is 3.97. The quantitative estimate of drug-likeness (QED) is 0.712. The van der Waals surface area contributed by atoms with Gasteiger partial charge in [-0.2, -0.15) is 0 Å². The third kappa shape index (κ3) is 3.33. The molecule has 0 radical (unpaired) electrons. The number of carbonyl (C=O) groups excluding carboxylic acids is 1. The zero-order valence-corrected chi connectivity index (χ0v) is 14.0. The molecule has 22 heavy (non-hydrogen) atoms. The van der Waals surface area contributed by atoms with Gasteiger partial charge in [0.2, 0.25) is 0 Å². The van der Waals surface area contributed by atoms with Crippen LogP contribution in [0.4, 0.5) is 0 Å². The number of aromatic nitrogens is 1. The zero-order chi connectivity index (χ0) is 15.5. The molecule has 1 aliphatic rings. The summed E-state index contributed by atoms with van der Waals surface area (Å²) in [7, 11) is 0. The van der Waals surface area contributed by atoms with Crippen LogP contribution in [-0.2, 0) is 0 Å². The Bertz CT molecular complexity index is 677. The first-order valence-corrected chi connectivity index (χ1v) is 8.76. The van der Waals surface area contributed by atoms with Gasteiger partial charge in [0.15, 0.2) is 6.29 Å². The van der Waals surface area contributed by atoms with Crippen LogP contribution < -0.4 is 4.74 Å². The molecule has 0 unspecified atom stereocenters. The summed E-state index contributed by atoms with van der Waals surface area (Å²) in [5.41, 5.74) is 2.21. The van der Waals surface area contributed by atoms with Crippen molar-refractivity contribution in [1.29, 1.82) is 0 Å². The molecule has 3 rings (SSSR count). The lowest BCUT2D eigenvalue weighted by molar-refractivity contribution is 0.112. The highest BCUT2D eigenvalue weighted by Crippen LogP contribution is 2.35. The highest BCUT2D eigenvalue weighted by molar-refractivity contribution is 7.19. The van der Waals surface area contributed by atoms with Crippen molar-refractivity contribution in [2.24, 2.45) is 0 Å². The molecule has 2 aromatic rings. The van der Waals surface area contributed by atoms with Crippen LogP contribution in [0.5, 0.6) is 5.75 Å². The van der Waals surface area contributed by atoms with E-state index >= 15 is 0 Å². The van der Waals surface area contributed by atoms with Crippen LogP contribution in [0, 0.1) is 6.92 Å². The van der Waals surface area contributed by atoms with Crippen LogP contribution in [0.15, 0.2) is 18.2 Å². The fourth-order valence-electron chi connectivity index (χ4n) is 2.82. The lowest BCUT2D eigenvalue weighted by Gasteiger charge is -2.23. The number of carbonyl (C=O) groups is 1. The van der Waals surface area contributed by atoms with Crippen molar-refractivity contribution in [3.05, 3.63) is 33.8 Å². The first-order chi connectivity index (χ1) is 10.7. The van der Waals surface area contributed by atoms with Gasteiger partial charge in [0.1, 0.15) is 5.75 Å². The molecule has 3 nitrogen and oxygen atoms in total. The number of pyridine rings is 1. The third-order valence-corrected chi connectivity index (χ3v) is 5.28. The molecule has 5 heteroatoms. The minimum Gasteiger partial charge on any atom is -0.489 e. The maximum atomic E-state index is 11.1. The molecule has 1 aliphatic carbocycles. The number of aryl methyl sites for hydroxylation is 1. The minimum absolute atomic E-state index is 0.307. The van der Waals surface area contributed by atoms with Gasteiger partial charge in [-0.05, 0) is 50.8 Å². The van der Waals surface area contributed by atoms with E-state index in [1.54, 1.807) is 6.07 Å². The van der Waals surface area contributed by atoms with Crippen molar-refractivity contribution in [2.75, 3.05) is 0 Å². The van der Waals surface area contributed by atoms with Gasteiger partial charge in [-0.1, -0.05) is 18.0 Å². The van der Waals surface area contributed by atoms with Crippen LogP contribution in [0.25, 0.3) is 10.6 Å². The second-order valence-electron chi connectivity index (χ2n) is 5.61. The van der Waals surface area contributed by atoms with Crippen molar-refractivity contribution in [3.63, 3.8) is 0 Å². The van der Waals surface area contributed by atoms with E-state index < -0.39 is 0 Å². The molecule has 0 amide bonds.